The van der Waals surface area contributed by atoms with E-state index in [0.717, 1.165) is 30.7 Å². The van der Waals surface area contributed by atoms with Crippen molar-refractivity contribution in [3.8, 4) is 6.07 Å². The first-order valence-corrected chi connectivity index (χ1v) is 7.50. The molecule has 0 aliphatic carbocycles. The lowest BCUT2D eigenvalue weighted by atomic mass is 10.2. The molecule has 6 heteroatoms. The molecular formula is C16H18ClN3O2. The van der Waals surface area contributed by atoms with E-state index < -0.39 is 5.91 Å². The highest BCUT2D eigenvalue weighted by Gasteiger charge is 2.17. The predicted octanol–water partition coefficient (Wildman–Crippen LogP) is 2.76. The van der Waals surface area contributed by atoms with Gasteiger partial charge in [-0.1, -0.05) is 11.6 Å². The van der Waals surface area contributed by atoms with Crippen LogP contribution in [0.15, 0.2) is 30.0 Å². The number of nitrogens with one attached hydrogen (secondary N) is 2. The number of nitriles is 1. The number of nitrogens with zero attached hydrogens (tertiary/aromatic N) is 1. The maximum atomic E-state index is 12.0. The van der Waals surface area contributed by atoms with Crippen molar-refractivity contribution in [1.82, 2.24) is 5.32 Å². The van der Waals surface area contributed by atoms with Crippen LogP contribution in [-0.2, 0) is 9.53 Å². The van der Waals surface area contributed by atoms with E-state index in [-0.39, 0.29) is 11.7 Å². The lowest BCUT2D eigenvalue weighted by molar-refractivity contribution is -0.117. The van der Waals surface area contributed by atoms with E-state index in [0.29, 0.717) is 11.6 Å². The summed E-state index contributed by atoms with van der Waals surface area (Å²) in [6, 6.07) is 7.25. The summed E-state index contributed by atoms with van der Waals surface area (Å²) in [5.74, 6) is -0.405. The summed E-state index contributed by atoms with van der Waals surface area (Å²) in [5, 5.41) is 15.4. The van der Waals surface area contributed by atoms with Crippen molar-refractivity contribution in [2.75, 3.05) is 18.5 Å². The molecule has 1 amide bonds. The Balaban J connectivity index is 1.94. The van der Waals surface area contributed by atoms with E-state index in [2.05, 4.69) is 10.6 Å². The van der Waals surface area contributed by atoms with Crippen molar-refractivity contribution in [2.45, 2.75) is 25.9 Å². The van der Waals surface area contributed by atoms with Crippen molar-refractivity contribution < 1.29 is 9.53 Å². The zero-order valence-corrected chi connectivity index (χ0v) is 13.1. The van der Waals surface area contributed by atoms with Crippen molar-refractivity contribution in [2.24, 2.45) is 0 Å². The van der Waals surface area contributed by atoms with Crippen LogP contribution in [0.3, 0.4) is 0 Å². The smallest absolute Gasteiger partial charge is 0.263 e. The molecule has 2 rings (SSSR count). The Morgan fingerprint density at radius 2 is 2.41 bits per heavy atom. The Labute approximate surface area is 134 Å². The summed E-state index contributed by atoms with van der Waals surface area (Å²) in [4.78, 5) is 12.0. The number of halogens is 1. The molecule has 1 saturated heterocycles. The fourth-order valence-electron chi connectivity index (χ4n) is 2.19. The molecular weight excluding hydrogens is 302 g/mol. The predicted molar refractivity (Wildman–Crippen MR) is 85.5 cm³/mol. The van der Waals surface area contributed by atoms with Gasteiger partial charge in [0.1, 0.15) is 11.6 Å². The molecule has 1 atom stereocenters. The lowest BCUT2D eigenvalue weighted by Gasteiger charge is -2.10. The maximum absolute atomic E-state index is 12.0. The molecule has 1 aliphatic heterocycles. The molecule has 0 aromatic heterocycles. The third-order valence-corrected chi connectivity index (χ3v) is 3.67. The van der Waals surface area contributed by atoms with Gasteiger partial charge in [0.2, 0.25) is 0 Å². The van der Waals surface area contributed by atoms with Crippen molar-refractivity contribution in [3.63, 3.8) is 0 Å². The molecule has 0 radical (unpaired) electrons. The highest BCUT2D eigenvalue weighted by molar-refractivity contribution is 6.30. The number of carbonyl (C=O) groups is 1. The van der Waals surface area contributed by atoms with Gasteiger partial charge in [-0.05, 0) is 43.5 Å². The van der Waals surface area contributed by atoms with Crippen molar-refractivity contribution in [1.29, 1.82) is 5.26 Å². The van der Waals surface area contributed by atoms with E-state index >= 15 is 0 Å². The summed E-state index contributed by atoms with van der Waals surface area (Å²) in [7, 11) is 0. The molecule has 1 heterocycles. The number of anilines is 1. The quantitative estimate of drug-likeness (QED) is 0.646. The minimum absolute atomic E-state index is 0.0207. The van der Waals surface area contributed by atoms with Gasteiger partial charge in [0.15, 0.2) is 0 Å². The third-order valence-electron chi connectivity index (χ3n) is 3.44. The zero-order valence-electron chi connectivity index (χ0n) is 12.4. The standard InChI is InChI=1S/C16H18ClN3O2/c1-11-7-13(17)4-5-15(11)19-9-12(8-18)16(21)20-10-14-3-2-6-22-14/h4-5,7,9,14,19H,2-3,6,10H2,1H3,(H,20,21)/b12-9-. The molecule has 1 aromatic rings. The molecule has 0 spiro atoms. The van der Waals surface area contributed by atoms with Crippen LogP contribution in [0.2, 0.25) is 5.02 Å². The number of carbonyl (C=O) groups excluding carboxylic acids is 1. The summed E-state index contributed by atoms with van der Waals surface area (Å²) in [5.41, 5.74) is 1.75. The first kappa shape index (κ1) is 16.3. The number of aryl methyl sites for hydroxylation is 1. The Morgan fingerprint density at radius 1 is 1.59 bits per heavy atom. The molecule has 22 heavy (non-hydrogen) atoms. The number of ether oxygens (including phenoxy) is 1. The van der Waals surface area contributed by atoms with Gasteiger partial charge < -0.3 is 15.4 Å². The van der Waals surface area contributed by atoms with E-state index in [9.17, 15) is 4.79 Å². The Bertz CT molecular complexity index is 616. The summed E-state index contributed by atoms with van der Waals surface area (Å²) in [6.45, 7) is 3.06. The molecule has 0 bridgehead atoms. The molecule has 2 N–H and O–H groups in total. The van der Waals surface area contributed by atoms with Crippen LogP contribution in [-0.4, -0.2) is 25.2 Å². The van der Waals surface area contributed by atoms with Crippen LogP contribution in [0.5, 0.6) is 0 Å². The minimum Gasteiger partial charge on any atom is -0.376 e. The topological polar surface area (TPSA) is 74.2 Å². The van der Waals surface area contributed by atoms with Crippen LogP contribution in [0.1, 0.15) is 18.4 Å². The lowest BCUT2D eigenvalue weighted by Crippen LogP contribution is -2.32. The normalized spacial score (nSPS) is 17.9. The summed E-state index contributed by atoms with van der Waals surface area (Å²) < 4.78 is 5.43. The zero-order chi connectivity index (χ0) is 15.9. The van der Waals surface area contributed by atoms with Crippen LogP contribution >= 0.6 is 11.6 Å². The van der Waals surface area contributed by atoms with E-state index in [1.807, 2.05) is 13.0 Å². The fraction of sp³-hybridized carbons (Fsp3) is 0.375. The van der Waals surface area contributed by atoms with Gasteiger partial charge in [0.25, 0.3) is 5.91 Å². The molecule has 1 aromatic carbocycles. The van der Waals surface area contributed by atoms with Gasteiger partial charge in [-0.2, -0.15) is 5.26 Å². The second-order valence-corrected chi connectivity index (χ2v) is 5.55. The van der Waals surface area contributed by atoms with Gasteiger partial charge >= 0.3 is 0 Å². The maximum Gasteiger partial charge on any atom is 0.263 e. The largest absolute Gasteiger partial charge is 0.376 e. The summed E-state index contributed by atoms with van der Waals surface area (Å²) >= 11 is 5.89. The monoisotopic (exact) mass is 319 g/mol. The first-order chi connectivity index (χ1) is 10.6. The van der Waals surface area contributed by atoms with Gasteiger partial charge in [-0.25, -0.2) is 0 Å². The van der Waals surface area contributed by atoms with Gasteiger partial charge in [-0.3, -0.25) is 4.79 Å². The highest BCUT2D eigenvalue weighted by atomic mass is 35.5. The average Bonchev–Trinajstić information content (AvgIpc) is 3.01. The average molecular weight is 320 g/mol. The number of hydrogen-bond donors (Lipinski definition) is 2. The van der Waals surface area contributed by atoms with Crippen molar-refractivity contribution >= 4 is 23.2 Å². The number of hydrogen-bond acceptors (Lipinski definition) is 4. The van der Waals surface area contributed by atoms with Gasteiger partial charge in [-0.15, -0.1) is 0 Å². The van der Waals surface area contributed by atoms with E-state index in [1.165, 1.54) is 6.20 Å². The Hall–Kier alpha value is -2.03. The fourth-order valence-corrected chi connectivity index (χ4v) is 2.42. The highest BCUT2D eigenvalue weighted by Crippen LogP contribution is 2.19. The van der Waals surface area contributed by atoms with E-state index in [4.69, 9.17) is 21.6 Å². The molecule has 1 fully saturated rings. The Morgan fingerprint density at radius 3 is 3.05 bits per heavy atom. The Kier molecular flexibility index (Phi) is 5.82. The first-order valence-electron chi connectivity index (χ1n) is 7.13. The summed E-state index contributed by atoms with van der Waals surface area (Å²) in [6.07, 6.45) is 3.41. The molecule has 1 unspecified atom stereocenters. The van der Waals surface area contributed by atoms with Crippen LogP contribution < -0.4 is 10.6 Å². The number of amides is 1. The van der Waals surface area contributed by atoms with E-state index in [1.54, 1.807) is 18.2 Å². The van der Waals surface area contributed by atoms with Gasteiger partial charge in [0, 0.05) is 30.1 Å². The molecule has 0 saturated carbocycles. The second kappa shape index (κ2) is 7.83. The SMILES string of the molecule is Cc1cc(Cl)ccc1N/C=C(/C#N)C(=O)NCC1CCCO1. The number of rotatable bonds is 5. The van der Waals surface area contributed by atoms with Crippen LogP contribution in [0.25, 0.3) is 0 Å². The second-order valence-electron chi connectivity index (χ2n) is 5.12. The minimum atomic E-state index is -0.405. The molecule has 5 nitrogen and oxygen atoms in total. The van der Waals surface area contributed by atoms with Gasteiger partial charge in [0.05, 0.1) is 6.10 Å². The molecule has 1 aliphatic rings. The van der Waals surface area contributed by atoms with Crippen LogP contribution in [0.4, 0.5) is 5.69 Å². The number of benzene rings is 1. The van der Waals surface area contributed by atoms with Crippen molar-refractivity contribution in [3.05, 3.63) is 40.6 Å². The molecule has 116 valence electrons. The third kappa shape index (κ3) is 4.48. The van der Waals surface area contributed by atoms with Crippen LogP contribution in [0, 0.1) is 18.3 Å².